The largest absolute Gasteiger partial charge is 0.379 e. The van der Waals surface area contributed by atoms with E-state index < -0.39 is 5.91 Å². The third-order valence-electron chi connectivity index (χ3n) is 4.37. The van der Waals surface area contributed by atoms with Gasteiger partial charge in [0, 0.05) is 26.9 Å². The molecule has 1 fully saturated rings. The van der Waals surface area contributed by atoms with Gasteiger partial charge in [0.05, 0.1) is 19.2 Å². The number of rotatable bonds is 4. The fourth-order valence-electron chi connectivity index (χ4n) is 3.12. The summed E-state index contributed by atoms with van der Waals surface area (Å²) < 4.78 is 5.45. The summed E-state index contributed by atoms with van der Waals surface area (Å²) in [5, 5.41) is 10.5. The number of ether oxygens (including phenoxy) is 1. The van der Waals surface area contributed by atoms with Gasteiger partial charge in [-0.15, -0.1) is 11.3 Å². The molecule has 0 bridgehead atoms. The number of nitrogens with zero attached hydrogens (tertiary/aromatic N) is 2. The van der Waals surface area contributed by atoms with Crippen LogP contribution in [0.1, 0.15) is 16.9 Å². The second-order valence-electron chi connectivity index (χ2n) is 6.40. The van der Waals surface area contributed by atoms with Gasteiger partial charge in [0.25, 0.3) is 0 Å². The molecule has 3 heterocycles. The molecule has 0 radical (unpaired) electrons. The van der Waals surface area contributed by atoms with Crippen molar-refractivity contribution in [1.29, 1.82) is 0 Å². The van der Waals surface area contributed by atoms with Crippen molar-refractivity contribution in [3.63, 3.8) is 0 Å². The molecule has 26 heavy (non-hydrogen) atoms. The summed E-state index contributed by atoms with van der Waals surface area (Å²) in [7, 11) is 0. The highest BCUT2D eigenvalue weighted by atomic mass is 35.5. The molecule has 1 aromatic heterocycles. The van der Waals surface area contributed by atoms with E-state index in [1.807, 2.05) is 24.3 Å². The minimum absolute atomic E-state index is 0.0972. The lowest BCUT2D eigenvalue weighted by atomic mass is 10.1. The first-order valence-corrected chi connectivity index (χ1v) is 9.63. The van der Waals surface area contributed by atoms with Gasteiger partial charge in [-0.1, -0.05) is 23.7 Å². The maximum atomic E-state index is 11.4. The fourth-order valence-corrected chi connectivity index (χ4v) is 4.42. The number of fused-ring (bicyclic) bond motifs is 1. The molecular weight excluding hydrogens is 372 g/mol. The number of halogens is 1. The lowest BCUT2D eigenvalue weighted by Gasteiger charge is -2.26. The van der Waals surface area contributed by atoms with Crippen LogP contribution < -0.4 is 11.1 Å². The number of amides is 1. The molecule has 2 aliphatic rings. The molecule has 6 nitrogen and oxygen atoms in total. The molecule has 1 saturated heterocycles. The smallest absolute Gasteiger partial charge is 0.238 e. The van der Waals surface area contributed by atoms with Crippen LogP contribution in [0.15, 0.2) is 35.4 Å². The predicted octanol–water partition coefficient (Wildman–Crippen LogP) is 2.41. The minimum atomic E-state index is -0.393. The standard InChI is InChI=1S/C18H19ClN4O2S/c19-12-3-1-11(2-4-12)15-7-14-16(26-15)8-23(9-17(20)24)22-18(14)21-13-5-6-25-10-13/h1-4,7,13H,5-6,8-10H2,(H2,20,24)(H,21,22). The van der Waals surface area contributed by atoms with E-state index in [9.17, 15) is 4.79 Å². The number of hydrogen-bond donors (Lipinski definition) is 2. The number of nitrogens with two attached hydrogens (primary N) is 1. The fraction of sp³-hybridized carbons (Fsp3) is 0.333. The Labute approximate surface area is 160 Å². The molecule has 1 unspecified atom stereocenters. The normalized spacial score (nSPS) is 19.2. The molecule has 2 aliphatic heterocycles. The van der Waals surface area contributed by atoms with Crippen molar-refractivity contribution < 1.29 is 9.53 Å². The van der Waals surface area contributed by atoms with Gasteiger partial charge in [0.15, 0.2) is 5.84 Å². The van der Waals surface area contributed by atoms with Crippen LogP contribution in [0.4, 0.5) is 0 Å². The Morgan fingerprint density at radius 2 is 2.23 bits per heavy atom. The van der Waals surface area contributed by atoms with E-state index in [-0.39, 0.29) is 12.6 Å². The maximum Gasteiger partial charge on any atom is 0.238 e. The van der Waals surface area contributed by atoms with Gasteiger partial charge in [-0.3, -0.25) is 9.80 Å². The Morgan fingerprint density at radius 3 is 2.92 bits per heavy atom. The Balaban J connectivity index is 1.66. The number of primary amides is 1. The van der Waals surface area contributed by atoms with Crippen molar-refractivity contribution in [2.24, 2.45) is 10.8 Å². The van der Waals surface area contributed by atoms with Crippen molar-refractivity contribution in [3.05, 3.63) is 45.8 Å². The highest BCUT2D eigenvalue weighted by molar-refractivity contribution is 7.15. The van der Waals surface area contributed by atoms with Gasteiger partial charge >= 0.3 is 0 Å². The van der Waals surface area contributed by atoms with E-state index in [0.717, 1.165) is 39.7 Å². The highest BCUT2D eigenvalue weighted by Gasteiger charge is 2.26. The molecule has 0 saturated carbocycles. The predicted molar refractivity (Wildman–Crippen MR) is 103 cm³/mol. The number of amidine groups is 1. The molecule has 0 spiro atoms. The first-order valence-electron chi connectivity index (χ1n) is 8.43. The average molecular weight is 391 g/mol. The van der Waals surface area contributed by atoms with E-state index in [4.69, 9.17) is 22.1 Å². The summed E-state index contributed by atoms with van der Waals surface area (Å²) in [5.41, 5.74) is 7.55. The number of carbonyl (C=O) groups excluding carboxylic acids is 1. The van der Waals surface area contributed by atoms with Crippen molar-refractivity contribution in [3.8, 4) is 10.4 Å². The van der Waals surface area contributed by atoms with Crippen molar-refractivity contribution in [2.45, 2.75) is 19.0 Å². The Hall–Kier alpha value is -2.09. The summed E-state index contributed by atoms with van der Waals surface area (Å²) in [4.78, 5) is 13.7. The van der Waals surface area contributed by atoms with Crippen LogP contribution in [0, 0.1) is 0 Å². The van der Waals surface area contributed by atoms with E-state index in [1.165, 1.54) is 0 Å². The molecule has 0 aliphatic carbocycles. The molecule has 8 heteroatoms. The second-order valence-corrected chi connectivity index (χ2v) is 7.97. The van der Waals surface area contributed by atoms with Crippen LogP contribution in [0.5, 0.6) is 0 Å². The van der Waals surface area contributed by atoms with Gasteiger partial charge in [0.1, 0.15) is 6.54 Å². The SMILES string of the molecule is NC(=O)CN1Cc2sc(-c3ccc(Cl)cc3)cc2C(NC2CCOC2)=N1. The number of nitrogens with one attached hydrogen (secondary N) is 1. The third-order valence-corrected chi connectivity index (χ3v) is 5.79. The molecule has 136 valence electrons. The summed E-state index contributed by atoms with van der Waals surface area (Å²) >= 11 is 7.70. The molecule has 4 rings (SSSR count). The summed E-state index contributed by atoms with van der Waals surface area (Å²) in [6, 6.07) is 10.2. The van der Waals surface area contributed by atoms with Crippen molar-refractivity contribution in [2.75, 3.05) is 19.8 Å². The molecule has 1 atom stereocenters. The highest BCUT2D eigenvalue weighted by Crippen LogP contribution is 2.35. The minimum Gasteiger partial charge on any atom is -0.379 e. The quantitative estimate of drug-likeness (QED) is 0.840. The van der Waals surface area contributed by atoms with Crippen LogP contribution in [0.2, 0.25) is 5.02 Å². The van der Waals surface area contributed by atoms with E-state index in [0.29, 0.717) is 18.2 Å². The molecule has 1 aromatic carbocycles. The van der Waals surface area contributed by atoms with Crippen molar-refractivity contribution >= 4 is 34.7 Å². The zero-order valence-electron chi connectivity index (χ0n) is 14.1. The molecule has 3 N–H and O–H groups in total. The number of hydrogen-bond acceptors (Lipinski definition) is 6. The number of benzene rings is 1. The summed E-state index contributed by atoms with van der Waals surface area (Å²) in [6.07, 6.45) is 0.943. The van der Waals surface area contributed by atoms with Gasteiger partial charge < -0.3 is 15.8 Å². The van der Waals surface area contributed by atoms with E-state index >= 15 is 0 Å². The van der Waals surface area contributed by atoms with Crippen LogP contribution >= 0.6 is 22.9 Å². The van der Waals surface area contributed by atoms with Gasteiger partial charge in [-0.05, 0) is 30.2 Å². The van der Waals surface area contributed by atoms with Crippen LogP contribution in [-0.4, -0.2) is 42.6 Å². The number of hydrazone groups is 1. The zero-order valence-corrected chi connectivity index (χ0v) is 15.6. The molecule has 1 amide bonds. The van der Waals surface area contributed by atoms with Gasteiger partial charge in [-0.2, -0.15) is 5.10 Å². The lowest BCUT2D eigenvalue weighted by Crippen LogP contribution is -2.41. The van der Waals surface area contributed by atoms with Crippen LogP contribution in [-0.2, 0) is 16.1 Å². The molecular formula is C18H19ClN4O2S. The first-order chi connectivity index (χ1) is 12.6. The van der Waals surface area contributed by atoms with E-state index in [2.05, 4.69) is 16.5 Å². The number of thiophene rings is 1. The Bertz CT molecular complexity index is 843. The third kappa shape index (κ3) is 3.70. The monoisotopic (exact) mass is 390 g/mol. The van der Waals surface area contributed by atoms with Crippen LogP contribution in [0.3, 0.4) is 0 Å². The Morgan fingerprint density at radius 1 is 1.42 bits per heavy atom. The summed E-state index contributed by atoms with van der Waals surface area (Å²) in [5.74, 6) is 0.384. The zero-order chi connectivity index (χ0) is 18.1. The van der Waals surface area contributed by atoms with Gasteiger partial charge in [-0.25, -0.2) is 0 Å². The maximum absolute atomic E-state index is 11.4. The lowest BCUT2D eigenvalue weighted by molar-refractivity contribution is -0.119. The first kappa shape index (κ1) is 17.3. The average Bonchev–Trinajstić information content (AvgIpc) is 3.24. The van der Waals surface area contributed by atoms with Crippen molar-refractivity contribution in [1.82, 2.24) is 10.3 Å². The summed E-state index contributed by atoms with van der Waals surface area (Å²) in [6.45, 7) is 2.09. The Kier molecular flexibility index (Phi) is 4.84. The second kappa shape index (κ2) is 7.26. The molecule has 2 aromatic rings. The van der Waals surface area contributed by atoms with Gasteiger partial charge in [0.2, 0.25) is 5.91 Å². The number of carbonyl (C=O) groups is 1. The topological polar surface area (TPSA) is 80.0 Å². The van der Waals surface area contributed by atoms with E-state index in [1.54, 1.807) is 16.3 Å². The van der Waals surface area contributed by atoms with Crippen LogP contribution in [0.25, 0.3) is 10.4 Å².